The van der Waals surface area contributed by atoms with Gasteiger partial charge in [-0.15, -0.1) is 0 Å². The fourth-order valence-electron chi connectivity index (χ4n) is 3.72. The Kier molecular flexibility index (Phi) is 6.82. The first kappa shape index (κ1) is 22.9. The van der Waals surface area contributed by atoms with Gasteiger partial charge in [-0.3, -0.25) is 9.89 Å². The second-order valence-corrected chi connectivity index (χ2v) is 7.53. The van der Waals surface area contributed by atoms with Crippen LogP contribution < -0.4 is 19.8 Å². The van der Waals surface area contributed by atoms with Crippen molar-refractivity contribution in [3.8, 4) is 34.2 Å². The van der Waals surface area contributed by atoms with Crippen LogP contribution in [0.5, 0.6) is 17.2 Å². The summed E-state index contributed by atoms with van der Waals surface area (Å²) in [5.41, 5.74) is 3.71. The maximum atomic E-state index is 13.6. The first-order valence-electron chi connectivity index (χ1n) is 11.0. The highest BCUT2D eigenvalue weighted by Crippen LogP contribution is 2.29. The van der Waals surface area contributed by atoms with Gasteiger partial charge in [-0.05, 0) is 74.5 Å². The maximum absolute atomic E-state index is 13.6. The van der Waals surface area contributed by atoms with Crippen molar-refractivity contribution in [3.63, 3.8) is 0 Å². The molecule has 1 heterocycles. The minimum Gasteiger partial charge on any atom is -0.497 e. The van der Waals surface area contributed by atoms with Crippen LogP contribution in [0.3, 0.4) is 0 Å². The summed E-state index contributed by atoms with van der Waals surface area (Å²) < 4.78 is 17.8. The lowest BCUT2D eigenvalue weighted by atomic mass is 10.0. The minimum absolute atomic E-state index is 0.203. The van der Waals surface area contributed by atoms with E-state index in [4.69, 9.17) is 19.2 Å². The van der Waals surface area contributed by atoms with Gasteiger partial charge in [-0.1, -0.05) is 12.1 Å². The molecule has 3 aromatic carbocycles. The molecule has 0 atom stereocenters. The number of aliphatic imine (C=N–C) groups is 1. The minimum atomic E-state index is -0.203. The fraction of sp³-hybridized carbons (Fsp3) is 0.185. The van der Waals surface area contributed by atoms with Gasteiger partial charge in [0.15, 0.2) is 0 Å². The van der Waals surface area contributed by atoms with Crippen molar-refractivity contribution >= 4 is 11.4 Å². The summed E-state index contributed by atoms with van der Waals surface area (Å²) in [5, 5.41) is 3.27. The van der Waals surface area contributed by atoms with Crippen LogP contribution in [0.25, 0.3) is 16.9 Å². The number of para-hydroxylation sites is 2. The molecule has 0 amide bonds. The molecular formula is C27H27N3O4. The zero-order chi connectivity index (χ0) is 24.1. The molecule has 0 unspecified atom stereocenters. The Balaban J connectivity index is 1.89. The molecule has 0 aliphatic rings. The van der Waals surface area contributed by atoms with Crippen LogP contribution in [0.4, 0.5) is 5.69 Å². The first-order valence-corrected chi connectivity index (χ1v) is 11.0. The van der Waals surface area contributed by atoms with E-state index in [2.05, 4.69) is 5.10 Å². The zero-order valence-corrected chi connectivity index (χ0v) is 19.7. The summed E-state index contributed by atoms with van der Waals surface area (Å²) in [4.78, 5) is 18.4. The van der Waals surface area contributed by atoms with Crippen molar-refractivity contribution in [1.82, 2.24) is 9.78 Å². The maximum Gasteiger partial charge on any atom is 0.280 e. The lowest BCUT2D eigenvalue weighted by Gasteiger charge is -2.08. The average Bonchev–Trinajstić information content (AvgIpc) is 3.22. The van der Waals surface area contributed by atoms with Crippen LogP contribution in [-0.4, -0.2) is 36.3 Å². The normalized spacial score (nSPS) is 11.4. The predicted molar refractivity (Wildman–Crippen MR) is 134 cm³/mol. The molecule has 1 N–H and O–H groups in total. The van der Waals surface area contributed by atoms with Crippen LogP contribution >= 0.6 is 0 Å². The second-order valence-electron chi connectivity index (χ2n) is 7.53. The Labute approximate surface area is 198 Å². The molecule has 174 valence electrons. The van der Waals surface area contributed by atoms with Gasteiger partial charge in [-0.25, -0.2) is 9.67 Å². The van der Waals surface area contributed by atoms with Crippen LogP contribution in [0.2, 0.25) is 0 Å². The SMILES string of the molecule is CCOc1ccccc1N=C(C)c1c(-c2ccc(OC)cc2)[nH]n(-c2ccc(OC)cc2)c1=O. The summed E-state index contributed by atoms with van der Waals surface area (Å²) in [6.45, 7) is 4.28. The monoisotopic (exact) mass is 457 g/mol. The number of ether oxygens (including phenoxy) is 3. The Morgan fingerprint density at radius 3 is 2.15 bits per heavy atom. The van der Waals surface area contributed by atoms with Gasteiger partial charge >= 0.3 is 0 Å². The summed E-state index contributed by atoms with van der Waals surface area (Å²) in [7, 11) is 3.23. The van der Waals surface area contributed by atoms with Crippen molar-refractivity contribution in [3.05, 3.63) is 88.7 Å². The summed E-state index contributed by atoms with van der Waals surface area (Å²) in [5.74, 6) is 2.11. The Hall–Kier alpha value is -4.26. The summed E-state index contributed by atoms with van der Waals surface area (Å²) in [6.07, 6.45) is 0. The third-order valence-corrected chi connectivity index (χ3v) is 5.41. The summed E-state index contributed by atoms with van der Waals surface area (Å²) in [6, 6.07) is 22.4. The van der Waals surface area contributed by atoms with E-state index in [-0.39, 0.29) is 5.56 Å². The van der Waals surface area contributed by atoms with Crippen molar-refractivity contribution in [2.24, 2.45) is 4.99 Å². The molecule has 0 bridgehead atoms. The van der Waals surface area contributed by atoms with Gasteiger partial charge in [0.2, 0.25) is 0 Å². The van der Waals surface area contributed by atoms with E-state index < -0.39 is 0 Å². The molecule has 1 aromatic heterocycles. The van der Waals surface area contributed by atoms with E-state index in [0.29, 0.717) is 46.4 Å². The lowest BCUT2D eigenvalue weighted by Crippen LogP contribution is -2.19. The van der Waals surface area contributed by atoms with E-state index in [1.807, 2.05) is 86.6 Å². The van der Waals surface area contributed by atoms with Gasteiger partial charge in [0.1, 0.15) is 22.9 Å². The van der Waals surface area contributed by atoms with Crippen LogP contribution in [0.1, 0.15) is 19.4 Å². The number of aromatic nitrogens is 2. The van der Waals surface area contributed by atoms with Crippen LogP contribution in [0, 0.1) is 0 Å². The number of hydrogen-bond donors (Lipinski definition) is 1. The average molecular weight is 458 g/mol. The highest BCUT2D eigenvalue weighted by molar-refractivity contribution is 6.05. The van der Waals surface area contributed by atoms with Gasteiger partial charge in [-0.2, -0.15) is 0 Å². The number of H-pyrrole nitrogens is 1. The molecule has 4 rings (SSSR count). The van der Waals surface area contributed by atoms with Gasteiger partial charge in [0, 0.05) is 5.56 Å². The molecule has 0 saturated carbocycles. The second kappa shape index (κ2) is 10.1. The molecule has 4 aromatic rings. The number of methoxy groups -OCH3 is 2. The van der Waals surface area contributed by atoms with Crippen molar-refractivity contribution < 1.29 is 14.2 Å². The van der Waals surface area contributed by atoms with Crippen LogP contribution in [0.15, 0.2) is 82.6 Å². The van der Waals surface area contributed by atoms with Gasteiger partial charge in [0.25, 0.3) is 5.56 Å². The van der Waals surface area contributed by atoms with Crippen LogP contribution in [-0.2, 0) is 0 Å². The number of rotatable bonds is 8. The molecule has 0 saturated heterocycles. The summed E-state index contributed by atoms with van der Waals surface area (Å²) >= 11 is 0. The molecule has 34 heavy (non-hydrogen) atoms. The third-order valence-electron chi connectivity index (χ3n) is 5.41. The standard InChI is InChI=1S/C27H27N3O4/c1-5-34-24-9-7-6-8-23(24)28-18(2)25-26(19-10-14-21(32-3)15-11-19)29-30(27(25)31)20-12-16-22(33-4)17-13-20/h6-17,29H,5H2,1-4H3. The van der Waals surface area contributed by atoms with E-state index in [0.717, 1.165) is 11.3 Å². The van der Waals surface area contributed by atoms with Gasteiger partial charge in [0.05, 0.1) is 43.5 Å². The quantitative estimate of drug-likeness (QED) is 0.360. The van der Waals surface area contributed by atoms with Crippen molar-refractivity contribution in [1.29, 1.82) is 0 Å². The first-order chi connectivity index (χ1) is 16.5. The van der Waals surface area contributed by atoms with E-state index in [1.54, 1.807) is 14.2 Å². The molecule has 0 aliphatic carbocycles. The smallest absolute Gasteiger partial charge is 0.280 e. The van der Waals surface area contributed by atoms with Gasteiger partial charge < -0.3 is 14.2 Å². The van der Waals surface area contributed by atoms with Crippen molar-refractivity contribution in [2.45, 2.75) is 13.8 Å². The Morgan fingerprint density at radius 1 is 0.912 bits per heavy atom. The largest absolute Gasteiger partial charge is 0.497 e. The van der Waals surface area contributed by atoms with Crippen molar-refractivity contribution in [2.75, 3.05) is 20.8 Å². The topological polar surface area (TPSA) is 77.8 Å². The highest BCUT2D eigenvalue weighted by Gasteiger charge is 2.20. The van der Waals surface area contributed by atoms with E-state index in [9.17, 15) is 4.79 Å². The van der Waals surface area contributed by atoms with E-state index >= 15 is 0 Å². The highest BCUT2D eigenvalue weighted by atomic mass is 16.5. The molecular weight excluding hydrogens is 430 g/mol. The fourth-order valence-corrected chi connectivity index (χ4v) is 3.72. The predicted octanol–water partition coefficient (Wildman–Crippen LogP) is 5.39. The third kappa shape index (κ3) is 4.59. The molecule has 0 fully saturated rings. The molecule has 7 heteroatoms. The number of hydrogen-bond acceptors (Lipinski definition) is 5. The number of nitrogens with one attached hydrogen (secondary N) is 1. The zero-order valence-electron chi connectivity index (χ0n) is 19.7. The van der Waals surface area contributed by atoms with E-state index in [1.165, 1.54) is 4.68 Å². The Morgan fingerprint density at radius 2 is 1.53 bits per heavy atom. The lowest BCUT2D eigenvalue weighted by molar-refractivity contribution is 0.341. The molecule has 7 nitrogen and oxygen atoms in total. The molecule has 0 aliphatic heterocycles. The number of aromatic amines is 1. The number of benzene rings is 3. The number of nitrogens with zero attached hydrogens (tertiary/aromatic N) is 2. The molecule has 0 spiro atoms. The Bertz CT molecular complexity index is 1350. The molecule has 0 radical (unpaired) electrons.